The van der Waals surface area contributed by atoms with E-state index in [1.807, 2.05) is 0 Å². The van der Waals surface area contributed by atoms with Gasteiger partial charge in [0.15, 0.2) is 0 Å². The molecule has 21 heavy (non-hydrogen) atoms. The number of rotatable bonds is 4. The molecule has 0 saturated carbocycles. The van der Waals surface area contributed by atoms with Crippen molar-refractivity contribution in [2.45, 2.75) is 0 Å². The maximum atomic E-state index is 12.2. The van der Waals surface area contributed by atoms with Crippen molar-refractivity contribution in [3.63, 3.8) is 0 Å². The van der Waals surface area contributed by atoms with Crippen LogP contribution in [0.15, 0.2) is 9.93 Å². The Kier molecular flexibility index (Phi) is 4.54. The molecule has 0 aliphatic carbocycles. The standard InChI is InChI=1S/C10H8N2O6S3/c13-4-3-20-9(11(4)1-5(14)15)7-8(18)12(2-6(16)17)10(19)21-7/h1-3H2,(H,14,15)(H,16,17)/b9-7+. The molecule has 0 bridgehead atoms. The lowest BCUT2D eigenvalue weighted by Gasteiger charge is -2.15. The lowest BCUT2D eigenvalue weighted by atomic mass is 10.4. The summed E-state index contributed by atoms with van der Waals surface area (Å²) in [6, 6.07) is 0. The third-order valence-corrected chi connectivity index (χ3v) is 5.16. The SMILES string of the molecule is O=C(O)CN1C(=O)/C(=C2\SCC(=O)N2CC(=O)O)SC1=S. The molecular formula is C10H8N2O6S3. The molecule has 2 aliphatic rings. The second-order valence-electron chi connectivity index (χ2n) is 3.95. The van der Waals surface area contributed by atoms with Crippen molar-refractivity contribution in [2.24, 2.45) is 0 Å². The minimum Gasteiger partial charge on any atom is -0.480 e. The highest BCUT2D eigenvalue weighted by Crippen LogP contribution is 2.41. The Bertz CT molecular complexity index is 602. The van der Waals surface area contributed by atoms with Gasteiger partial charge in [-0.1, -0.05) is 35.7 Å². The largest absolute Gasteiger partial charge is 0.480 e. The zero-order chi connectivity index (χ0) is 15.7. The molecule has 0 spiro atoms. The van der Waals surface area contributed by atoms with Crippen LogP contribution in [0.1, 0.15) is 0 Å². The molecule has 0 radical (unpaired) electrons. The molecule has 2 heterocycles. The number of carbonyl (C=O) groups is 4. The molecule has 0 unspecified atom stereocenters. The maximum absolute atomic E-state index is 12.2. The molecule has 2 fully saturated rings. The molecule has 0 aromatic rings. The number of carboxylic acid groups (broad SMARTS) is 2. The molecule has 2 N–H and O–H groups in total. The number of thioether (sulfide) groups is 2. The van der Waals surface area contributed by atoms with Gasteiger partial charge in [-0.3, -0.25) is 29.0 Å². The predicted molar refractivity (Wildman–Crippen MR) is 78.4 cm³/mol. The summed E-state index contributed by atoms with van der Waals surface area (Å²) in [6.07, 6.45) is 0. The molecule has 2 saturated heterocycles. The predicted octanol–water partition coefficient (Wildman–Crippen LogP) is -0.240. The average molecular weight is 348 g/mol. The van der Waals surface area contributed by atoms with E-state index in [0.29, 0.717) is 0 Å². The van der Waals surface area contributed by atoms with Gasteiger partial charge in [0, 0.05) is 0 Å². The van der Waals surface area contributed by atoms with Crippen molar-refractivity contribution in [1.82, 2.24) is 9.80 Å². The molecule has 8 nitrogen and oxygen atoms in total. The van der Waals surface area contributed by atoms with Crippen LogP contribution in [0.5, 0.6) is 0 Å². The summed E-state index contributed by atoms with van der Waals surface area (Å²) in [5.74, 6) is -3.42. The van der Waals surface area contributed by atoms with E-state index in [0.717, 1.165) is 33.3 Å². The van der Waals surface area contributed by atoms with Crippen molar-refractivity contribution >= 4 is 63.8 Å². The van der Waals surface area contributed by atoms with E-state index in [1.165, 1.54) is 0 Å². The van der Waals surface area contributed by atoms with Crippen molar-refractivity contribution in [3.8, 4) is 0 Å². The molecule has 2 amide bonds. The van der Waals surface area contributed by atoms with Gasteiger partial charge in [0.1, 0.15) is 22.3 Å². The molecular weight excluding hydrogens is 340 g/mol. The van der Waals surface area contributed by atoms with Crippen molar-refractivity contribution < 1.29 is 29.4 Å². The maximum Gasteiger partial charge on any atom is 0.323 e. The Hall–Kier alpha value is -1.59. The van der Waals surface area contributed by atoms with E-state index in [2.05, 4.69) is 0 Å². The number of hydrogen-bond acceptors (Lipinski definition) is 7. The van der Waals surface area contributed by atoms with Gasteiger partial charge in [-0.25, -0.2) is 0 Å². The van der Waals surface area contributed by atoms with Gasteiger partial charge in [-0.15, -0.1) is 0 Å². The fraction of sp³-hybridized carbons (Fsp3) is 0.300. The number of nitrogens with zero attached hydrogens (tertiary/aromatic N) is 2. The van der Waals surface area contributed by atoms with E-state index in [-0.39, 0.29) is 20.0 Å². The first-order valence-electron chi connectivity index (χ1n) is 5.46. The van der Waals surface area contributed by atoms with Gasteiger partial charge in [-0.05, 0) is 0 Å². The molecule has 112 valence electrons. The van der Waals surface area contributed by atoms with Crippen LogP contribution in [-0.4, -0.2) is 66.9 Å². The van der Waals surface area contributed by atoms with E-state index in [9.17, 15) is 19.2 Å². The van der Waals surface area contributed by atoms with Crippen LogP contribution in [0.4, 0.5) is 0 Å². The van der Waals surface area contributed by atoms with Crippen LogP contribution >= 0.6 is 35.7 Å². The zero-order valence-electron chi connectivity index (χ0n) is 10.3. The minimum atomic E-state index is -1.21. The molecule has 2 aliphatic heterocycles. The smallest absolute Gasteiger partial charge is 0.323 e. The van der Waals surface area contributed by atoms with Crippen LogP contribution in [0.3, 0.4) is 0 Å². The summed E-state index contributed by atoms with van der Waals surface area (Å²) < 4.78 is 0.0696. The van der Waals surface area contributed by atoms with Gasteiger partial charge in [0.2, 0.25) is 5.91 Å². The number of carboxylic acids is 2. The fourth-order valence-corrected chi connectivity index (χ4v) is 4.16. The lowest BCUT2D eigenvalue weighted by Crippen LogP contribution is -2.34. The normalized spacial score (nSPS) is 22.4. The van der Waals surface area contributed by atoms with E-state index in [4.69, 9.17) is 22.4 Å². The second kappa shape index (κ2) is 6.03. The second-order valence-corrected chi connectivity index (χ2v) is 6.56. The molecule has 0 atom stereocenters. The summed E-state index contributed by atoms with van der Waals surface area (Å²) in [6.45, 7) is -1.12. The Morgan fingerprint density at radius 2 is 1.71 bits per heavy atom. The molecule has 11 heteroatoms. The van der Waals surface area contributed by atoms with Crippen LogP contribution in [0.25, 0.3) is 0 Å². The number of amides is 2. The molecule has 0 aromatic carbocycles. The van der Waals surface area contributed by atoms with Crippen LogP contribution in [0, 0.1) is 0 Å². The van der Waals surface area contributed by atoms with Crippen LogP contribution in [-0.2, 0) is 19.2 Å². The highest BCUT2D eigenvalue weighted by Gasteiger charge is 2.40. The monoisotopic (exact) mass is 348 g/mol. The highest BCUT2D eigenvalue weighted by atomic mass is 32.2. The van der Waals surface area contributed by atoms with Crippen molar-refractivity contribution in [3.05, 3.63) is 9.93 Å². The Balaban J connectivity index is 2.33. The molecule has 0 aromatic heterocycles. The summed E-state index contributed by atoms with van der Waals surface area (Å²) in [5.41, 5.74) is 0. The summed E-state index contributed by atoms with van der Waals surface area (Å²) in [5, 5.41) is 17.8. The first-order valence-corrected chi connectivity index (χ1v) is 7.67. The van der Waals surface area contributed by atoms with Gasteiger partial charge < -0.3 is 10.2 Å². The number of thiocarbonyl (C=S) groups is 1. The van der Waals surface area contributed by atoms with Gasteiger partial charge in [-0.2, -0.15) is 0 Å². The third kappa shape index (κ3) is 3.19. The Morgan fingerprint density at radius 1 is 1.14 bits per heavy atom. The van der Waals surface area contributed by atoms with Crippen LogP contribution < -0.4 is 0 Å². The molecule has 2 rings (SSSR count). The Labute approximate surface area is 132 Å². The van der Waals surface area contributed by atoms with Gasteiger partial charge in [0.25, 0.3) is 5.91 Å². The third-order valence-electron chi connectivity index (χ3n) is 2.51. The van der Waals surface area contributed by atoms with Gasteiger partial charge >= 0.3 is 11.9 Å². The lowest BCUT2D eigenvalue weighted by molar-refractivity contribution is -0.141. The average Bonchev–Trinajstić information content (AvgIpc) is 2.84. The Morgan fingerprint density at radius 3 is 2.29 bits per heavy atom. The summed E-state index contributed by atoms with van der Waals surface area (Å²) in [4.78, 5) is 47.3. The number of aliphatic carboxylic acids is 2. The highest BCUT2D eigenvalue weighted by molar-refractivity contribution is 8.27. The van der Waals surface area contributed by atoms with Crippen LogP contribution in [0.2, 0.25) is 0 Å². The number of carbonyl (C=O) groups excluding carboxylic acids is 2. The summed E-state index contributed by atoms with van der Waals surface area (Å²) in [7, 11) is 0. The number of hydrogen-bond donors (Lipinski definition) is 2. The summed E-state index contributed by atoms with van der Waals surface area (Å²) >= 11 is 6.86. The fourth-order valence-electron chi connectivity index (χ4n) is 1.68. The quantitative estimate of drug-likeness (QED) is 0.524. The topological polar surface area (TPSA) is 115 Å². The zero-order valence-corrected chi connectivity index (χ0v) is 12.7. The van der Waals surface area contributed by atoms with Gasteiger partial charge in [0.05, 0.1) is 10.8 Å². The first kappa shape index (κ1) is 15.8. The minimum absolute atomic E-state index is 0.0334. The van der Waals surface area contributed by atoms with Crippen molar-refractivity contribution in [1.29, 1.82) is 0 Å². The first-order chi connectivity index (χ1) is 9.81. The van der Waals surface area contributed by atoms with E-state index < -0.39 is 36.8 Å². The van der Waals surface area contributed by atoms with E-state index in [1.54, 1.807) is 0 Å². The van der Waals surface area contributed by atoms with Crippen molar-refractivity contribution in [2.75, 3.05) is 18.8 Å². The van der Waals surface area contributed by atoms with E-state index >= 15 is 0 Å².